The van der Waals surface area contributed by atoms with E-state index in [2.05, 4.69) is 4.98 Å². The normalized spacial score (nSPS) is 18.9. The molecule has 0 saturated carbocycles. The molecule has 20 heavy (non-hydrogen) atoms. The number of hydrogen-bond acceptors (Lipinski definition) is 5. The van der Waals surface area contributed by atoms with Crippen molar-refractivity contribution in [2.24, 2.45) is 11.7 Å². The molecule has 108 valence electrons. The quantitative estimate of drug-likeness (QED) is 0.662. The van der Waals surface area contributed by atoms with E-state index in [1.807, 2.05) is 4.90 Å². The van der Waals surface area contributed by atoms with Crippen molar-refractivity contribution in [3.8, 4) is 0 Å². The lowest BCUT2D eigenvalue weighted by Gasteiger charge is -2.32. The molecule has 7 heteroatoms. The van der Waals surface area contributed by atoms with Crippen LogP contribution < -0.4 is 10.6 Å². The number of nitro groups is 1. The van der Waals surface area contributed by atoms with Gasteiger partial charge in [-0.15, -0.1) is 0 Å². The summed E-state index contributed by atoms with van der Waals surface area (Å²) >= 11 is 0. The summed E-state index contributed by atoms with van der Waals surface area (Å²) in [4.78, 5) is 27.8. The first-order valence-electron chi connectivity index (χ1n) is 6.61. The number of amides is 1. The molecular formula is C13H18N4O3. The van der Waals surface area contributed by atoms with Crippen LogP contribution in [0.2, 0.25) is 0 Å². The highest BCUT2D eigenvalue weighted by atomic mass is 16.6. The predicted molar refractivity (Wildman–Crippen MR) is 74.4 cm³/mol. The van der Waals surface area contributed by atoms with E-state index in [1.54, 1.807) is 13.1 Å². The number of piperidine rings is 1. The maximum atomic E-state index is 11.1. The number of aromatic nitrogens is 1. The van der Waals surface area contributed by atoms with E-state index < -0.39 is 4.92 Å². The second-order valence-electron chi connectivity index (χ2n) is 5.24. The van der Waals surface area contributed by atoms with E-state index in [-0.39, 0.29) is 17.5 Å². The van der Waals surface area contributed by atoms with Crippen molar-refractivity contribution in [1.82, 2.24) is 4.98 Å². The van der Waals surface area contributed by atoms with Crippen molar-refractivity contribution in [1.29, 1.82) is 0 Å². The van der Waals surface area contributed by atoms with Gasteiger partial charge in [-0.2, -0.15) is 0 Å². The van der Waals surface area contributed by atoms with Gasteiger partial charge in [-0.25, -0.2) is 4.98 Å². The lowest BCUT2D eigenvalue weighted by molar-refractivity contribution is -0.384. The van der Waals surface area contributed by atoms with Crippen LogP contribution in [-0.4, -0.2) is 28.9 Å². The lowest BCUT2D eigenvalue weighted by Crippen LogP contribution is -2.37. The highest BCUT2D eigenvalue weighted by Gasteiger charge is 2.27. The molecule has 0 aliphatic carbocycles. The molecule has 1 unspecified atom stereocenters. The number of nitrogens with zero attached hydrogens (tertiary/aromatic N) is 3. The predicted octanol–water partition coefficient (Wildman–Crippen LogP) is 1.39. The second-order valence-corrected chi connectivity index (χ2v) is 5.24. The van der Waals surface area contributed by atoms with E-state index in [1.165, 1.54) is 6.07 Å². The fourth-order valence-electron chi connectivity index (χ4n) is 2.63. The number of aryl methyl sites for hydroxylation is 1. The topological polar surface area (TPSA) is 102 Å². The molecule has 0 spiro atoms. The number of pyridine rings is 1. The van der Waals surface area contributed by atoms with Gasteiger partial charge in [0.15, 0.2) is 0 Å². The van der Waals surface area contributed by atoms with E-state index in [4.69, 9.17) is 5.73 Å². The number of primary amides is 1. The summed E-state index contributed by atoms with van der Waals surface area (Å²) in [6.45, 7) is 3.07. The van der Waals surface area contributed by atoms with Gasteiger partial charge in [-0.05, 0) is 31.2 Å². The third kappa shape index (κ3) is 3.23. The Kier molecular flexibility index (Phi) is 4.16. The van der Waals surface area contributed by atoms with Gasteiger partial charge in [0, 0.05) is 31.8 Å². The fraction of sp³-hybridized carbons (Fsp3) is 0.538. The van der Waals surface area contributed by atoms with Gasteiger partial charge in [0.2, 0.25) is 11.7 Å². The van der Waals surface area contributed by atoms with Crippen LogP contribution in [0.15, 0.2) is 12.3 Å². The molecule has 1 atom stereocenters. The molecule has 2 rings (SSSR count). The average molecular weight is 278 g/mol. The van der Waals surface area contributed by atoms with Crippen LogP contribution in [0.5, 0.6) is 0 Å². The Bertz CT molecular complexity index is 532. The van der Waals surface area contributed by atoms with Gasteiger partial charge in [-0.3, -0.25) is 14.9 Å². The number of hydrogen-bond donors (Lipinski definition) is 1. The summed E-state index contributed by atoms with van der Waals surface area (Å²) in [5.74, 6) is 0.196. The molecule has 1 saturated heterocycles. The van der Waals surface area contributed by atoms with Crippen LogP contribution in [0, 0.1) is 23.0 Å². The Hall–Kier alpha value is -2.18. The van der Waals surface area contributed by atoms with Gasteiger partial charge in [-0.1, -0.05) is 0 Å². The van der Waals surface area contributed by atoms with Gasteiger partial charge >= 0.3 is 5.69 Å². The molecule has 1 aliphatic heterocycles. The first-order chi connectivity index (χ1) is 9.47. The van der Waals surface area contributed by atoms with Crippen molar-refractivity contribution < 1.29 is 9.72 Å². The fourth-order valence-corrected chi connectivity index (χ4v) is 2.63. The van der Waals surface area contributed by atoms with E-state index in [0.29, 0.717) is 25.3 Å². The lowest BCUT2D eigenvalue weighted by atomic mass is 9.94. The molecule has 0 radical (unpaired) electrons. The SMILES string of the molecule is Cc1cnc(N2CCCC(CC(N)=O)C2)c([N+](=O)[O-])c1. The first kappa shape index (κ1) is 14.2. The van der Waals surface area contributed by atoms with Crippen molar-refractivity contribution in [3.63, 3.8) is 0 Å². The van der Waals surface area contributed by atoms with E-state index >= 15 is 0 Å². The monoisotopic (exact) mass is 278 g/mol. The molecule has 1 aliphatic rings. The zero-order valence-electron chi connectivity index (χ0n) is 11.4. The Morgan fingerprint density at radius 2 is 2.40 bits per heavy atom. The highest BCUT2D eigenvalue weighted by Crippen LogP contribution is 2.30. The summed E-state index contributed by atoms with van der Waals surface area (Å²) in [7, 11) is 0. The number of carbonyl (C=O) groups excluding carboxylic acids is 1. The minimum Gasteiger partial charge on any atom is -0.370 e. The zero-order chi connectivity index (χ0) is 14.7. The van der Waals surface area contributed by atoms with Crippen molar-refractivity contribution in [3.05, 3.63) is 27.9 Å². The molecule has 1 aromatic rings. The molecule has 0 bridgehead atoms. The summed E-state index contributed by atoms with van der Waals surface area (Å²) in [6, 6.07) is 1.53. The molecule has 1 aromatic heterocycles. The third-order valence-electron chi connectivity index (χ3n) is 3.49. The van der Waals surface area contributed by atoms with Gasteiger partial charge < -0.3 is 10.6 Å². The van der Waals surface area contributed by atoms with Crippen molar-refractivity contribution in [2.45, 2.75) is 26.2 Å². The van der Waals surface area contributed by atoms with E-state index in [0.717, 1.165) is 18.4 Å². The maximum absolute atomic E-state index is 11.1. The van der Waals surface area contributed by atoms with Crippen molar-refractivity contribution >= 4 is 17.4 Å². The van der Waals surface area contributed by atoms with Crippen LogP contribution in [0.1, 0.15) is 24.8 Å². The van der Waals surface area contributed by atoms with Crippen LogP contribution in [0.3, 0.4) is 0 Å². The van der Waals surface area contributed by atoms with Gasteiger partial charge in [0.1, 0.15) is 0 Å². The minimum absolute atomic E-state index is 0.0183. The summed E-state index contributed by atoms with van der Waals surface area (Å²) in [5, 5.41) is 11.1. The molecule has 1 fully saturated rings. The Morgan fingerprint density at radius 1 is 1.65 bits per heavy atom. The van der Waals surface area contributed by atoms with Crippen LogP contribution in [-0.2, 0) is 4.79 Å². The summed E-state index contributed by atoms with van der Waals surface area (Å²) in [5.41, 5.74) is 6.00. The number of carbonyl (C=O) groups is 1. The molecule has 2 N–H and O–H groups in total. The Morgan fingerprint density at radius 3 is 3.05 bits per heavy atom. The molecule has 7 nitrogen and oxygen atoms in total. The minimum atomic E-state index is -0.410. The van der Waals surface area contributed by atoms with Crippen LogP contribution in [0.4, 0.5) is 11.5 Å². The zero-order valence-corrected chi connectivity index (χ0v) is 11.4. The second kappa shape index (κ2) is 5.85. The smallest absolute Gasteiger partial charge is 0.311 e. The Labute approximate surface area is 116 Å². The highest BCUT2D eigenvalue weighted by molar-refractivity contribution is 5.74. The number of anilines is 1. The van der Waals surface area contributed by atoms with Crippen LogP contribution >= 0.6 is 0 Å². The Balaban J connectivity index is 2.22. The largest absolute Gasteiger partial charge is 0.370 e. The molecule has 1 amide bonds. The molecular weight excluding hydrogens is 260 g/mol. The first-order valence-corrected chi connectivity index (χ1v) is 6.61. The van der Waals surface area contributed by atoms with Gasteiger partial charge in [0.05, 0.1) is 4.92 Å². The third-order valence-corrected chi connectivity index (χ3v) is 3.49. The number of nitrogens with two attached hydrogens (primary N) is 1. The van der Waals surface area contributed by atoms with E-state index in [9.17, 15) is 14.9 Å². The molecule has 0 aromatic carbocycles. The average Bonchev–Trinajstić information content (AvgIpc) is 2.38. The number of rotatable bonds is 4. The summed E-state index contributed by atoms with van der Waals surface area (Å²) in [6.07, 6.45) is 3.74. The van der Waals surface area contributed by atoms with Gasteiger partial charge in [0.25, 0.3) is 0 Å². The van der Waals surface area contributed by atoms with Crippen LogP contribution in [0.25, 0.3) is 0 Å². The molecule has 2 heterocycles. The summed E-state index contributed by atoms with van der Waals surface area (Å²) < 4.78 is 0. The maximum Gasteiger partial charge on any atom is 0.311 e. The van der Waals surface area contributed by atoms with Crippen molar-refractivity contribution in [2.75, 3.05) is 18.0 Å². The standard InChI is InChI=1S/C13H18N4O3/c1-9-5-11(17(19)20)13(15-7-9)16-4-2-3-10(8-16)6-12(14)18/h5,7,10H,2-4,6,8H2,1H3,(H2,14,18).